The Balaban J connectivity index is 2.69. The molecule has 3 nitrogen and oxygen atoms in total. The summed E-state index contributed by atoms with van der Waals surface area (Å²) in [6, 6.07) is 7.82. The van der Waals surface area contributed by atoms with Gasteiger partial charge in [0.25, 0.3) is 5.91 Å². The Bertz CT molecular complexity index is 393. The number of amides is 1. The van der Waals surface area contributed by atoms with E-state index in [2.05, 4.69) is 31.8 Å². The maximum Gasteiger partial charge on any atom is 0.260 e. The highest BCUT2D eigenvalue weighted by atomic mass is 32.1. The molecule has 0 radical (unpaired) electrons. The number of carbonyl (C=O) groups excluding carboxylic acids is 1. The summed E-state index contributed by atoms with van der Waals surface area (Å²) in [5.41, 5.74) is 1.12. The summed E-state index contributed by atoms with van der Waals surface area (Å²) in [4.78, 5) is 11.7. The van der Waals surface area contributed by atoms with Crippen LogP contribution in [0.1, 0.15) is 32.3 Å². The predicted octanol–water partition coefficient (Wildman–Crippen LogP) is 2.62. The smallest absolute Gasteiger partial charge is 0.260 e. The molecular formula is C14H21NO2S. The molecule has 1 aromatic rings. The molecule has 0 aliphatic carbocycles. The molecule has 1 rings (SSSR count). The van der Waals surface area contributed by atoms with E-state index in [1.165, 1.54) is 0 Å². The third-order valence-corrected chi connectivity index (χ3v) is 2.85. The predicted molar refractivity (Wildman–Crippen MR) is 77.5 cm³/mol. The number of para-hydroxylation sites is 1. The number of thiol groups is 1. The second-order valence-corrected chi connectivity index (χ2v) is 4.91. The Kier molecular flexibility index (Phi) is 6.05. The van der Waals surface area contributed by atoms with Crippen LogP contribution in [-0.4, -0.2) is 24.3 Å². The molecule has 1 atom stereocenters. The van der Waals surface area contributed by atoms with Gasteiger partial charge < -0.3 is 10.1 Å². The molecule has 0 bridgehead atoms. The Morgan fingerprint density at radius 3 is 2.61 bits per heavy atom. The van der Waals surface area contributed by atoms with E-state index in [1.54, 1.807) is 6.92 Å². The van der Waals surface area contributed by atoms with E-state index < -0.39 is 6.10 Å². The lowest BCUT2D eigenvalue weighted by Gasteiger charge is -2.18. The zero-order chi connectivity index (χ0) is 13.5. The fourth-order valence-electron chi connectivity index (χ4n) is 1.63. The van der Waals surface area contributed by atoms with Crippen molar-refractivity contribution >= 4 is 18.5 Å². The minimum atomic E-state index is -0.496. The van der Waals surface area contributed by atoms with Crippen LogP contribution in [0, 0.1) is 0 Å². The lowest BCUT2D eigenvalue weighted by atomic mass is 10.0. The van der Waals surface area contributed by atoms with Crippen molar-refractivity contribution in [1.29, 1.82) is 0 Å². The van der Waals surface area contributed by atoms with E-state index in [9.17, 15) is 4.79 Å². The second kappa shape index (κ2) is 7.31. The quantitative estimate of drug-likeness (QED) is 0.778. The Labute approximate surface area is 114 Å². The monoisotopic (exact) mass is 267 g/mol. The van der Waals surface area contributed by atoms with Crippen molar-refractivity contribution in [3.63, 3.8) is 0 Å². The SMILES string of the molecule is CC(Oc1ccccc1C(C)C)C(=O)NCCS. The molecule has 0 heterocycles. The molecule has 0 aliphatic rings. The Morgan fingerprint density at radius 1 is 1.33 bits per heavy atom. The average Bonchev–Trinajstić information content (AvgIpc) is 2.36. The number of hydrogen-bond donors (Lipinski definition) is 2. The van der Waals surface area contributed by atoms with Gasteiger partial charge in [0, 0.05) is 12.3 Å². The first-order chi connectivity index (χ1) is 8.56. The fourth-order valence-corrected chi connectivity index (χ4v) is 1.74. The molecule has 18 heavy (non-hydrogen) atoms. The van der Waals surface area contributed by atoms with E-state index in [-0.39, 0.29) is 5.91 Å². The average molecular weight is 267 g/mol. The molecule has 1 aromatic carbocycles. The van der Waals surface area contributed by atoms with Gasteiger partial charge in [0.2, 0.25) is 0 Å². The number of benzene rings is 1. The van der Waals surface area contributed by atoms with E-state index in [0.29, 0.717) is 18.2 Å². The summed E-state index contributed by atoms with van der Waals surface area (Å²) in [6.45, 7) is 6.52. The number of hydrogen-bond acceptors (Lipinski definition) is 3. The molecule has 1 amide bonds. The normalized spacial score (nSPS) is 12.3. The number of carbonyl (C=O) groups is 1. The van der Waals surface area contributed by atoms with Crippen LogP contribution < -0.4 is 10.1 Å². The lowest BCUT2D eigenvalue weighted by Crippen LogP contribution is -2.37. The molecule has 0 aliphatic heterocycles. The fraction of sp³-hybridized carbons (Fsp3) is 0.500. The minimum absolute atomic E-state index is 0.109. The largest absolute Gasteiger partial charge is 0.481 e. The van der Waals surface area contributed by atoms with Crippen LogP contribution in [-0.2, 0) is 4.79 Å². The molecular weight excluding hydrogens is 246 g/mol. The van der Waals surface area contributed by atoms with Crippen molar-refractivity contribution in [2.75, 3.05) is 12.3 Å². The maximum atomic E-state index is 11.7. The van der Waals surface area contributed by atoms with Crippen molar-refractivity contribution in [3.05, 3.63) is 29.8 Å². The summed E-state index contributed by atoms with van der Waals surface area (Å²) >= 11 is 4.05. The number of ether oxygens (including phenoxy) is 1. The molecule has 1 unspecified atom stereocenters. The zero-order valence-corrected chi connectivity index (χ0v) is 12.0. The van der Waals surface area contributed by atoms with Gasteiger partial charge in [-0.25, -0.2) is 0 Å². The molecule has 100 valence electrons. The van der Waals surface area contributed by atoms with Crippen LogP contribution >= 0.6 is 12.6 Å². The minimum Gasteiger partial charge on any atom is -0.481 e. The maximum absolute atomic E-state index is 11.7. The highest BCUT2D eigenvalue weighted by Gasteiger charge is 2.16. The van der Waals surface area contributed by atoms with Crippen LogP contribution in [0.25, 0.3) is 0 Å². The number of rotatable bonds is 6. The van der Waals surface area contributed by atoms with Gasteiger partial charge in [-0.15, -0.1) is 0 Å². The van der Waals surface area contributed by atoms with E-state index in [1.807, 2.05) is 24.3 Å². The van der Waals surface area contributed by atoms with Gasteiger partial charge in [0.05, 0.1) is 0 Å². The Hall–Kier alpha value is -1.16. The van der Waals surface area contributed by atoms with Crippen LogP contribution in [0.3, 0.4) is 0 Å². The topological polar surface area (TPSA) is 38.3 Å². The van der Waals surface area contributed by atoms with E-state index >= 15 is 0 Å². The van der Waals surface area contributed by atoms with Crippen LogP contribution in [0.5, 0.6) is 5.75 Å². The first kappa shape index (κ1) is 14.9. The van der Waals surface area contributed by atoms with Crippen molar-refractivity contribution < 1.29 is 9.53 Å². The molecule has 1 N–H and O–H groups in total. The summed E-state index contributed by atoms with van der Waals surface area (Å²) in [5.74, 6) is 1.67. The second-order valence-electron chi connectivity index (χ2n) is 4.47. The first-order valence-corrected chi connectivity index (χ1v) is 6.83. The third-order valence-electron chi connectivity index (χ3n) is 2.63. The van der Waals surface area contributed by atoms with Gasteiger partial charge >= 0.3 is 0 Å². The third kappa shape index (κ3) is 4.26. The molecule has 0 fully saturated rings. The van der Waals surface area contributed by atoms with Crippen molar-refractivity contribution in [3.8, 4) is 5.75 Å². The van der Waals surface area contributed by atoms with Gasteiger partial charge in [0.1, 0.15) is 5.75 Å². The van der Waals surface area contributed by atoms with Crippen LogP contribution in [0.4, 0.5) is 0 Å². The van der Waals surface area contributed by atoms with Gasteiger partial charge in [-0.05, 0) is 24.5 Å². The summed E-state index contributed by atoms with van der Waals surface area (Å²) in [5, 5.41) is 2.76. The molecule has 0 spiro atoms. The number of nitrogens with one attached hydrogen (secondary N) is 1. The molecule has 0 saturated carbocycles. The van der Waals surface area contributed by atoms with Crippen LogP contribution in [0.2, 0.25) is 0 Å². The lowest BCUT2D eigenvalue weighted by molar-refractivity contribution is -0.127. The summed E-state index contributed by atoms with van der Waals surface area (Å²) in [6.07, 6.45) is -0.496. The highest BCUT2D eigenvalue weighted by Crippen LogP contribution is 2.26. The molecule has 4 heteroatoms. The van der Waals surface area contributed by atoms with E-state index in [4.69, 9.17) is 4.74 Å². The van der Waals surface area contributed by atoms with Crippen molar-refractivity contribution in [2.24, 2.45) is 0 Å². The molecule has 0 saturated heterocycles. The molecule has 0 aromatic heterocycles. The zero-order valence-electron chi connectivity index (χ0n) is 11.1. The summed E-state index contributed by atoms with van der Waals surface area (Å²) < 4.78 is 5.73. The summed E-state index contributed by atoms with van der Waals surface area (Å²) in [7, 11) is 0. The van der Waals surface area contributed by atoms with Crippen molar-refractivity contribution in [1.82, 2.24) is 5.32 Å². The Morgan fingerprint density at radius 2 is 2.00 bits per heavy atom. The van der Waals surface area contributed by atoms with Gasteiger partial charge in [-0.2, -0.15) is 12.6 Å². The van der Waals surface area contributed by atoms with Gasteiger partial charge in [-0.3, -0.25) is 4.79 Å². The van der Waals surface area contributed by atoms with Crippen molar-refractivity contribution in [2.45, 2.75) is 32.8 Å². The first-order valence-electron chi connectivity index (χ1n) is 6.20. The van der Waals surface area contributed by atoms with Crippen LogP contribution in [0.15, 0.2) is 24.3 Å². The highest BCUT2D eigenvalue weighted by molar-refractivity contribution is 7.80. The van der Waals surface area contributed by atoms with E-state index in [0.717, 1.165) is 11.3 Å². The van der Waals surface area contributed by atoms with Gasteiger partial charge in [0.15, 0.2) is 6.10 Å². The van der Waals surface area contributed by atoms with Gasteiger partial charge in [-0.1, -0.05) is 32.0 Å². The standard InChI is InChI=1S/C14H21NO2S/c1-10(2)12-6-4-5-7-13(12)17-11(3)14(16)15-8-9-18/h4-7,10-11,18H,8-9H2,1-3H3,(H,15,16).